The predicted octanol–water partition coefficient (Wildman–Crippen LogP) is 1.52. The minimum Gasteiger partial charge on any atom is -0.508 e. The summed E-state index contributed by atoms with van der Waals surface area (Å²) in [5.41, 5.74) is 6.49. The van der Waals surface area contributed by atoms with Crippen LogP contribution < -0.4 is 11.1 Å². The Kier molecular flexibility index (Phi) is 3.95. The van der Waals surface area contributed by atoms with Gasteiger partial charge in [-0.1, -0.05) is 6.92 Å². The molecule has 1 aliphatic rings. The van der Waals surface area contributed by atoms with Crippen LogP contribution in [0.2, 0.25) is 0 Å². The monoisotopic (exact) mass is 264 g/mol. The second kappa shape index (κ2) is 5.48. The number of phenolic OH excluding ortho intramolecular Hbond substituents is 1. The van der Waals surface area contributed by atoms with Gasteiger partial charge in [0.2, 0.25) is 0 Å². The number of carbonyl (C=O) groups is 1. The van der Waals surface area contributed by atoms with E-state index in [4.69, 9.17) is 10.5 Å². The van der Waals surface area contributed by atoms with E-state index in [0.29, 0.717) is 17.8 Å². The number of hydrogen-bond donors (Lipinski definition) is 3. The molecule has 1 fully saturated rings. The summed E-state index contributed by atoms with van der Waals surface area (Å²) in [7, 11) is 0. The number of hydrogen-bond acceptors (Lipinski definition) is 4. The molecule has 0 atom stereocenters. The molecule has 1 aromatic carbocycles. The Morgan fingerprint density at radius 2 is 2.16 bits per heavy atom. The first-order valence-corrected chi connectivity index (χ1v) is 6.45. The van der Waals surface area contributed by atoms with Gasteiger partial charge in [-0.2, -0.15) is 0 Å². The molecule has 0 unspecified atom stereocenters. The molecule has 19 heavy (non-hydrogen) atoms. The largest absolute Gasteiger partial charge is 0.508 e. The zero-order chi connectivity index (χ0) is 13.9. The van der Waals surface area contributed by atoms with Gasteiger partial charge in [-0.25, -0.2) is 0 Å². The molecule has 2 rings (SSSR count). The van der Waals surface area contributed by atoms with Crippen LogP contribution in [0.5, 0.6) is 5.75 Å². The van der Waals surface area contributed by atoms with Gasteiger partial charge >= 0.3 is 0 Å². The number of amides is 1. The molecule has 0 aliphatic carbocycles. The number of carbonyl (C=O) groups excluding carboxylic acids is 1. The van der Waals surface area contributed by atoms with Gasteiger partial charge in [-0.15, -0.1) is 0 Å². The quantitative estimate of drug-likeness (QED) is 0.571. The third-order valence-electron chi connectivity index (χ3n) is 3.66. The second-order valence-corrected chi connectivity index (χ2v) is 5.38. The van der Waals surface area contributed by atoms with E-state index in [0.717, 1.165) is 26.1 Å². The van der Waals surface area contributed by atoms with Crippen molar-refractivity contribution in [3.05, 3.63) is 23.8 Å². The van der Waals surface area contributed by atoms with E-state index >= 15 is 0 Å². The van der Waals surface area contributed by atoms with E-state index in [-0.39, 0.29) is 17.1 Å². The van der Waals surface area contributed by atoms with Crippen LogP contribution in [0, 0.1) is 5.41 Å². The molecule has 0 saturated carbocycles. The fourth-order valence-corrected chi connectivity index (χ4v) is 2.17. The van der Waals surface area contributed by atoms with Crippen LogP contribution in [0.1, 0.15) is 30.1 Å². The highest BCUT2D eigenvalue weighted by atomic mass is 16.5. The fourth-order valence-electron chi connectivity index (χ4n) is 2.17. The van der Waals surface area contributed by atoms with Crippen molar-refractivity contribution < 1.29 is 14.6 Å². The number of phenols is 1. The lowest BCUT2D eigenvalue weighted by Gasteiger charge is -2.33. The van der Waals surface area contributed by atoms with Crippen LogP contribution in [0.15, 0.2) is 18.2 Å². The lowest BCUT2D eigenvalue weighted by Crippen LogP contribution is -2.39. The maximum absolute atomic E-state index is 12.1. The molecule has 1 heterocycles. The molecular formula is C14H20N2O3. The second-order valence-electron chi connectivity index (χ2n) is 5.38. The summed E-state index contributed by atoms with van der Waals surface area (Å²) < 4.78 is 5.33. The average molecular weight is 264 g/mol. The van der Waals surface area contributed by atoms with Gasteiger partial charge in [-0.05, 0) is 36.5 Å². The number of ether oxygens (including phenoxy) is 1. The van der Waals surface area contributed by atoms with Gasteiger partial charge in [0.25, 0.3) is 5.91 Å². The van der Waals surface area contributed by atoms with Gasteiger partial charge in [0, 0.05) is 25.4 Å². The van der Waals surface area contributed by atoms with Crippen LogP contribution in [-0.2, 0) is 4.74 Å². The molecule has 1 saturated heterocycles. The molecule has 1 aromatic rings. The molecule has 0 aromatic heterocycles. The Balaban J connectivity index is 1.99. The van der Waals surface area contributed by atoms with Crippen molar-refractivity contribution in [1.82, 2.24) is 5.32 Å². The summed E-state index contributed by atoms with van der Waals surface area (Å²) in [5.74, 6) is -0.210. The van der Waals surface area contributed by atoms with Crippen molar-refractivity contribution in [2.45, 2.75) is 19.8 Å². The van der Waals surface area contributed by atoms with Crippen molar-refractivity contribution in [2.75, 3.05) is 25.5 Å². The highest BCUT2D eigenvalue weighted by Crippen LogP contribution is 2.29. The van der Waals surface area contributed by atoms with Crippen LogP contribution >= 0.6 is 0 Å². The predicted molar refractivity (Wildman–Crippen MR) is 73.0 cm³/mol. The van der Waals surface area contributed by atoms with Crippen molar-refractivity contribution in [3.63, 3.8) is 0 Å². The third-order valence-corrected chi connectivity index (χ3v) is 3.66. The van der Waals surface area contributed by atoms with E-state index in [1.807, 2.05) is 0 Å². The Morgan fingerprint density at radius 3 is 2.84 bits per heavy atom. The zero-order valence-electron chi connectivity index (χ0n) is 11.1. The summed E-state index contributed by atoms with van der Waals surface area (Å²) in [5, 5.41) is 12.3. The van der Waals surface area contributed by atoms with Gasteiger partial charge in [0.05, 0.1) is 5.56 Å². The summed E-state index contributed by atoms with van der Waals surface area (Å²) in [6, 6.07) is 4.38. The minimum absolute atomic E-state index is 0.0385. The minimum atomic E-state index is -0.249. The Labute approximate surface area is 112 Å². The van der Waals surface area contributed by atoms with E-state index in [1.54, 1.807) is 0 Å². The molecule has 5 nitrogen and oxygen atoms in total. The molecule has 1 aliphatic heterocycles. The average Bonchev–Trinajstić information content (AvgIpc) is 2.40. The smallest absolute Gasteiger partial charge is 0.253 e. The molecule has 5 heteroatoms. The third kappa shape index (κ3) is 3.38. The Bertz CT molecular complexity index is 468. The van der Waals surface area contributed by atoms with Crippen LogP contribution in [0.25, 0.3) is 0 Å². The van der Waals surface area contributed by atoms with Gasteiger partial charge in [0.1, 0.15) is 5.75 Å². The summed E-state index contributed by atoms with van der Waals surface area (Å²) in [6.45, 7) is 4.20. The van der Waals surface area contributed by atoms with Gasteiger partial charge < -0.3 is 20.9 Å². The Hall–Kier alpha value is -1.75. The van der Waals surface area contributed by atoms with Crippen molar-refractivity contribution in [3.8, 4) is 5.75 Å². The van der Waals surface area contributed by atoms with E-state index < -0.39 is 0 Å². The fraction of sp³-hybridized carbons (Fsp3) is 0.500. The van der Waals surface area contributed by atoms with E-state index in [1.165, 1.54) is 18.2 Å². The zero-order valence-corrected chi connectivity index (χ0v) is 11.1. The first kappa shape index (κ1) is 13.7. The standard InChI is InChI=1S/C14H20N2O3/c1-14(4-6-19-7-5-14)9-16-13(18)11-8-10(17)2-3-12(11)15/h2-3,8,17H,4-7,9,15H2,1H3,(H,16,18). The first-order chi connectivity index (χ1) is 9.00. The maximum Gasteiger partial charge on any atom is 0.253 e. The van der Waals surface area contributed by atoms with Crippen molar-refractivity contribution in [2.24, 2.45) is 5.41 Å². The van der Waals surface area contributed by atoms with Crippen LogP contribution in [0.3, 0.4) is 0 Å². The molecule has 0 spiro atoms. The SMILES string of the molecule is CC1(CNC(=O)c2cc(O)ccc2N)CCOCC1. The highest BCUT2D eigenvalue weighted by Gasteiger charge is 2.28. The lowest BCUT2D eigenvalue weighted by atomic mass is 9.82. The summed E-state index contributed by atoms with van der Waals surface area (Å²) in [4.78, 5) is 12.1. The summed E-state index contributed by atoms with van der Waals surface area (Å²) >= 11 is 0. The number of nitrogen functional groups attached to an aromatic ring is 1. The number of anilines is 1. The van der Waals surface area contributed by atoms with Gasteiger partial charge in [0.15, 0.2) is 0 Å². The molecular weight excluding hydrogens is 244 g/mol. The van der Waals surface area contributed by atoms with Crippen molar-refractivity contribution >= 4 is 11.6 Å². The highest BCUT2D eigenvalue weighted by molar-refractivity contribution is 5.99. The topological polar surface area (TPSA) is 84.6 Å². The van der Waals surface area contributed by atoms with Crippen LogP contribution in [-0.4, -0.2) is 30.8 Å². The molecule has 104 valence electrons. The molecule has 1 amide bonds. The number of nitrogens with two attached hydrogens (primary N) is 1. The number of nitrogens with one attached hydrogen (secondary N) is 1. The first-order valence-electron chi connectivity index (χ1n) is 6.45. The van der Waals surface area contributed by atoms with E-state index in [2.05, 4.69) is 12.2 Å². The Morgan fingerprint density at radius 1 is 1.47 bits per heavy atom. The van der Waals surface area contributed by atoms with Crippen molar-refractivity contribution in [1.29, 1.82) is 0 Å². The molecule has 0 radical (unpaired) electrons. The number of aromatic hydroxyl groups is 1. The number of benzene rings is 1. The normalized spacial score (nSPS) is 17.9. The van der Waals surface area contributed by atoms with Gasteiger partial charge in [-0.3, -0.25) is 4.79 Å². The molecule has 4 N–H and O–H groups in total. The summed E-state index contributed by atoms with van der Waals surface area (Å²) in [6.07, 6.45) is 1.87. The number of rotatable bonds is 3. The maximum atomic E-state index is 12.1. The van der Waals surface area contributed by atoms with Crippen LogP contribution in [0.4, 0.5) is 5.69 Å². The van der Waals surface area contributed by atoms with E-state index in [9.17, 15) is 9.90 Å². The lowest BCUT2D eigenvalue weighted by molar-refractivity contribution is 0.0238. The molecule has 0 bridgehead atoms.